The van der Waals surface area contributed by atoms with Crippen molar-refractivity contribution in [2.75, 3.05) is 7.11 Å². The molecule has 0 spiro atoms. The Kier molecular flexibility index (Phi) is 3.95. The van der Waals surface area contributed by atoms with Crippen molar-refractivity contribution in [2.24, 2.45) is 0 Å². The van der Waals surface area contributed by atoms with E-state index < -0.39 is 0 Å². The first-order valence-corrected chi connectivity index (χ1v) is 5.13. The summed E-state index contributed by atoms with van der Waals surface area (Å²) in [6.07, 6.45) is 3.73. The Morgan fingerprint density at radius 2 is 2.43 bits per heavy atom. The minimum absolute atomic E-state index is 0.245. The summed E-state index contributed by atoms with van der Waals surface area (Å²) in [6, 6.07) is 3.52. The quantitative estimate of drug-likeness (QED) is 0.780. The van der Waals surface area contributed by atoms with Gasteiger partial charge in [-0.15, -0.1) is 0 Å². The van der Waals surface area contributed by atoms with Crippen LogP contribution in [0.3, 0.4) is 0 Å². The van der Waals surface area contributed by atoms with Crippen molar-refractivity contribution >= 4 is 28.0 Å². The van der Waals surface area contributed by atoms with Gasteiger partial charge in [-0.25, -0.2) is 4.79 Å². The van der Waals surface area contributed by atoms with E-state index in [0.29, 0.717) is 0 Å². The molecule has 76 valence electrons. The summed E-state index contributed by atoms with van der Waals surface area (Å²) >= 11 is 3.20. The second-order valence-electron chi connectivity index (χ2n) is 2.83. The molecule has 0 saturated heterocycles. The van der Waals surface area contributed by atoms with Gasteiger partial charge in [-0.3, -0.25) is 0 Å². The van der Waals surface area contributed by atoms with Gasteiger partial charge in [0.05, 0.1) is 7.11 Å². The van der Waals surface area contributed by atoms with Crippen molar-refractivity contribution in [1.29, 1.82) is 0 Å². The maximum Gasteiger partial charge on any atom is 0.328 e. The summed E-state index contributed by atoms with van der Waals surface area (Å²) in [6.45, 7) is 1.80. The molecule has 0 saturated carbocycles. The fraction of sp³-hybridized carbons (Fsp3) is 0.300. The van der Waals surface area contributed by atoms with Crippen LogP contribution in [-0.4, -0.2) is 17.6 Å². The third-order valence-electron chi connectivity index (χ3n) is 2.01. The predicted octanol–water partition coefficient (Wildman–Crippen LogP) is 2.59. The van der Waals surface area contributed by atoms with Crippen LogP contribution < -0.4 is 0 Å². The molecule has 1 heterocycles. The molecule has 0 radical (unpaired) electrons. The van der Waals surface area contributed by atoms with Gasteiger partial charge in [0.1, 0.15) is 6.04 Å². The third kappa shape index (κ3) is 2.26. The molecular formula is C10H12BrNO2. The number of carbonyl (C=O) groups excluding carboxylic acids is 1. The summed E-state index contributed by atoms with van der Waals surface area (Å²) in [4.78, 5) is 13.0. The lowest BCUT2D eigenvalue weighted by atomic mass is 10.3. The van der Waals surface area contributed by atoms with Crippen LogP contribution in [-0.2, 0) is 9.53 Å². The summed E-state index contributed by atoms with van der Waals surface area (Å²) in [7, 11) is 1.39. The van der Waals surface area contributed by atoms with Crippen molar-refractivity contribution < 1.29 is 9.53 Å². The molecule has 1 atom stereocenters. The van der Waals surface area contributed by atoms with E-state index in [0.717, 1.165) is 5.69 Å². The number of hydrogen-bond acceptors (Lipinski definition) is 2. The molecule has 3 nitrogen and oxygen atoms in total. The summed E-state index contributed by atoms with van der Waals surface area (Å²) in [5.41, 5.74) is 0.958. The van der Waals surface area contributed by atoms with E-state index in [1.54, 1.807) is 11.9 Å². The second-order valence-corrected chi connectivity index (χ2v) is 3.36. The smallest absolute Gasteiger partial charge is 0.328 e. The van der Waals surface area contributed by atoms with Crippen molar-refractivity contribution in [2.45, 2.75) is 13.0 Å². The Morgan fingerprint density at radius 3 is 3.00 bits per heavy atom. The molecule has 0 amide bonds. The first kappa shape index (κ1) is 11.0. The number of rotatable bonds is 3. The van der Waals surface area contributed by atoms with E-state index in [2.05, 4.69) is 20.7 Å². The van der Waals surface area contributed by atoms with Crippen molar-refractivity contribution in [3.05, 3.63) is 29.0 Å². The van der Waals surface area contributed by atoms with Gasteiger partial charge in [0.15, 0.2) is 0 Å². The van der Waals surface area contributed by atoms with Crippen molar-refractivity contribution in [1.82, 2.24) is 4.57 Å². The summed E-state index contributed by atoms with van der Waals surface area (Å²) in [5, 5.41) is 0. The number of halogens is 1. The van der Waals surface area contributed by atoms with E-state index in [1.165, 1.54) is 7.11 Å². The van der Waals surface area contributed by atoms with Gasteiger partial charge in [-0.05, 0) is 30.1 Å². The number of hydrogen-bond donors (Lipinski definition) is 0. The van der Waals surface area contributed by atoms with Gasteiger partial charge in [-0.2, -0.15) is 0 Å². The highest BCUT2D eigenvalue weighted by atomic mass is 79.9. The Hall–Kier alpha value is -1.03. The predicted molar refractivity (Wildman–Crippen MR) is 59.1 cm³/mol. The molecule has 0 bridgehead atoms. The summed E-state index contributed by atoms with van der Waals surface area (Å²) < 4.78 is 6.52. The molecule has 0 aromatic carbocycles. The molecule has 0 N–H and O–H groups in total. The van der Waals surface area contributed by atoms with Gasteiger partial charge in [0.2, 0.25) is 0 Å². The lowest BCUT2D eigenvalue weighted by molar-refractivity contribution is -0.144. The molecule has 0 aliphatic heterocycles. The molecule has 1 unspecified atom stereocenters. The average Bonchev–Trinajstić information content (AvgIpc) is 2.64. The Bertz CT molecular complexity index is 344. The molecule has 1 aromatic rings. The molecule has 1 aromatic heterocycles. The highest BCUT2D eigenvalue weighted by Gasteiger charge is 2.15. The van der Waals surface area contributed by atoms with E-state index in [4.69, 9.17) is 0 Å². The highest BCUT2D eigenvalue weighted by molar-refractivity contribution is 9.11. The van der Waals surface area contributed by atoms with Crippen LogP contribution in [0.2, 0.25) is 0 Å². The molecule has 14 heavy (non-hydrogen) atoms. The zero-order valence-electron chi connectivity index (χ0n) is 8.11. The van der Waals surface area contributed by atoms with Gasteiger partial charge in [0.25, 0.3) is 0 Å². The van der Waals surface area contributed by atoms with Crippen LogP contribution in [0, 0.1) is 0 Å². The lowest BCUT2D eigenvalue weighted by Crippen LogP contribution is -2.17. The first-order chi connectivity index (χ1) is 6.70. The van der Waals surface area contributed by atoms with Gasteiger partial charge in [-0.1, -0.05) is 15.9 Å². The summed E-state index contributed by atoms with van der Waals surface area (Å²) in [5.74, 6) is -0.245. The largest absolute Gasteiger partial charge is 0.467 e. The minimum atomic E-state index is -0.298. The van der Waals surface area contributed by atoms with Crippen LogP contribution in [0.1, 0.15) is 18.7 Å². The normalized spacial score (nSPS) is 13.1. The van der Waals surface area contributed by atoms with E-state index in [9.17, 15) is 4.79 Å². The fourth-order valence-corrected chi connectivity index (χ4v) is 1.52. The number of esters is 1. The molecule has 4 heteroatoms. The number of methoxy groups -OCH3 is 1. The second kappa shape index (κ2) is 5.00. The lowest BCUT2D eigenvalue weighted by Gasteiger charge is -2.13. The third-order valence-corrected chi connectivity index (χ3v) is 2.27. The van der Waals surface area contributed by atoms with Crippen LogP contribution in [0.25, 0.3) is 6.08 Å². The topological polar surface area (TPSA) is 31.2 Å². The number of nitrogens with zero attached hydrogens (tertiary/aromatic N) is 1. The van der Waals surface area contributed by atoms with Crippen molar-refractivity contribution in [3.8, 4) is 0 Å². The van der Waals surface area contributed by atoms with Crippen LogP contribution in [0.5, 0.6) is 0 Å². The SMILES string of the molecule is COC(=O)C(C)n1cccc1/C=C/Br. The Balaban J connectivity index is 2.94. The Morgan fingerprint density at radius 1 is 1.71 bits per heavy atom. The van der Waals surface area contributed by atoms with Gasteiger partial charge < -0.3 is 9.30 Å². The number of aromatic nitrogens is 1. The number of carbonyl (C=O) groups is 1. The van der Waals surface area contributed by atoms with E-state index in [-0.39, 0.29) is 12.0 Å². The number of ether oxygens (including phenoxy) is 1. The molecular weight excluding hydrogens is 246 g/mol. The van der Waals surface area contributed by atoms with Crippen LogP contribution in [0.4, 0.5) is 0 Å². The van der Waals surface area contributed by atoms with Gasteiger partial charge >= 0.3 is 5.97 Å². The maximum absolute atomic E-state index is 11.3. The maximum atomic E-state index is 11.3. The monoisotopic (exact) mass is 257 g/mol. The molecule has 0 aliphatic rings. The first-order valence-electron chi connectivity index (χ1n) is 4.22. The minimum Gasteiger partial charge on any atom is -0.467 e. The highest BCUT2D eigenvalue weighted by Crippen LogP contribution is 2.14. The standard InChI is InChI=1S/C10H12BrNO2/c1-8(10(13)14-2)12-7-3-4-9(12)5-6-11/h3-8H,1-2H3/b6-5+. The average molecular weight is 258 g/mol. The van der Waals surface area contributed by atoms with Crippen LogP contribution >= 0.6 is 15.9 Å². The zero-order chi connectivity index (χ0) is 10.6. The fourth-order valence-electron chi connectivity index (χ4n) is 1.25. The van der Waals surface area contributed by atoms with Gasteiger partial charge in [0, 0.05) is 11.9 Å². The van der Waals surface area contributed by atoms with Crippen LogP contribution in [0.15, 0.2) is 23.3 Å². The van der Waals surface area contributed by atoms with E-state index >= 15 is 0 Å². The zero-order valence-corrected chi connectivity index (χ0v) is 9.69. The Labute approximate surface area is 91.5 Å². The molecule has 1 rings (SSSR count). The van der Waals surface area contributed by atoms with Crippen molar-refractivity contribution in [3.63, 3.8) is 0 Å². The molecule has 0 aliphatic carbocycles. The van der Waals surface area contributed by atoms with E-state index in [1.807, 2.05) is 29.0 Å². The molecule has 0 fully saturated rings.